The first kappa shape index (κ1) is 15.5. The van der Waals surface area contributed by atoms with Crippen molar-refractivity contribution in [3.63, 3.8) is 0 Å². The minimum atomic E-state index is 0.240. The number of aromatic nitrogens is 2. The molecule has 4 heteroatoms. The van der Waals surface area contributed by atoms with Crippen molar-refractivity contribution in [2.45, 2.75) is 57.4 Å². The Hall–Kier alpha value is -0.870. The van der Waals surface area contributed by atoms with E-state index in [-0.39, 0.29) is 5.54 Å². The molecule has 0 amide bonds. The summed E-state index contributed by atoms with van der Waals surface area (Å²) in [4.78, 5) is 2.63. The summed E-state index contributed by atoms with van der Waals surface area (Å²) >= 11 is 0. The van der Waals surface area contributed by atoms with E-state index in [1.54, 1.807) is 0 Å². The van der Waals surface area contributed by atoms with Crippen LogP contribution >= 0.6 is 0 Å². The summed E-state index contributed by atoms with van der Waals surface area (Å²) in [5.74, 6) is 0. The standard InChI is InChI=1S/C16H30N4/c1-3-20(13-9-15-8-12-18-19(15)2)16(14-17)10-6-4-5-7-11-16/h8,12H,3-7,9-11,13-14,17H2,1-2H3. The lowest BCUT2D eigenvalue weighted by Crippen LogP contribution is -2.54. The van der Waals surface area contributed by atoms with Crippen molar-refractivity contribution in [1.29, 1.82) is 0 Å². The highest BCUT2D eigenvalue weighted by Gasteiger charge is 2.34. The van der Waals surface area contributed by atoms with Crippen LogP contribution in [-0.4, -0.2) is 39.9 Å². The monoisotopic (exact) mass is 278 g/mol. The van der Waals surface area contributed by atoms with E-state index in [9.17, 15) is 0 Å². The van der Waals surface area contributed by atoms with E-state index >= 15 is 0 Å². The van der Waals surface area contributed by atoms with Crippen LogP contribution in [0.25, 0.3) is 0 Å². The van der Waals surface area contributed by atoms with Crippen LogP contribution in [0.1, 0.15) is 51.1 Å². The van der Waals surface area contributed by atoms with Gasteiger partial charge in [0.05, 0.1) is 0 Å². The van der Waals surface area contributed by atoms with Crippen LogP contribution in [-0.2, 0) is 13.5 Å². The zero-order valence-corrected chi connectivity index (χ0v) is 13.1. The maximum Gasteiger partial charge on any atom is 0.0492 e. The second-order valence-corrected chi connectivity index (χ2v) is 6.12. The summed E-state index contributed by atoms with van der Waals surface area (Å²) in [6.45, 7) is 5.25. The van der Waals surface area contributed by atoms with Crippen molar-refractivity contribution in [2.75, 3.05) is 19.6 Å². The van der Waals surface area contributed by atoms with Gasteiger partial charge >= 0.3 is 0 Å². The maximum absolute atomic E-state index is 6.20. The minimum Gasteiger partial charge on any atom is -0.329 e. The molecular formula is C16H30N4. The maximum atomic E-state index is 6.20. The number of hydrogen-bond acceptors (Lipinski definition) is 3. The fraction of sp³-hybridized carbons (Fsp3) is 0.812. The Bertz CT molecular complexity index is 391. The third kappa shape index (κ3) is 3.41. The van der Waals surface area contributed by atoms with E-state index in [4.69, 9.17) is 5.73 Å². The lowest BCUT2D eigenvalue weighted by Gasteiger charge is -2.43. The van der Waals surface area contributed by atoms with Crippen LogP contribution in [0.2, 0.25) is 0 Å². The Labute approximate surface area is 123 Å². The fourth-order valence-corrected chi connectivity index (χ4v) is 3.66. The quantitative estimate of drug-likeness (QED) is 0.813. The van der Waals surface area contributed by atoms with Gasteiger partial charge in [-0.1, -0.05) is 32.6 Å². The molecule has 1 fully saturated rings. The fourth-order valence-electron chi connectivity index (χ4n) is 3.66. The number of likely N-dealkylation sites (N-methyl/N-ethyl adjacent to an activating group) is 1. The van der Waals surface area contributed by atoms with Gasteiger partial charge in [-0.2, -0.15) is 5.10 Å². The molecule has 1 heterocycles. The Morgan fingerprint density at radius 3 is 2.50 bits per heavy atom. The van der Waals surface area contributed by atoms with Crippen molar-refractivity contribution >= 4 is 0 Å². The van der Waals surface area contributed by atoms with Crippen molar-refractivity contribution in [2.24, 2.45) is 12.8 Å². The molecule has 114 valence electrons. The predicted molar refractivity (Wildman–Crippen MR) is 83.6 cm³/mol. The molecule has 2 rings (SSSR count). The van der Waals surface area contributed by atoms with Gasteiger partial charge in [0.1, 0.15) is 0 Å². The lowest BCUT2D eigenvalue weighted by molar-refractivity contribution is 0.0842. The average Bonchev–Trinajstić information content (AvgIpc) is 2.74. The summed E-state index contributed by atoms with van der Waals surface area (Å²) in [5, 5.41) is 4.26. The highest BCUT2D eigenvalue weighted by Crippen LogP contribution is 2.31. The van der Waals surface area contributed by atoms with Crippen molar-refractivity contribution < 1.29 is 0 Å². The molecule has 0 spiro atoms. The van der Waals surface area contributed by atoms with Gasteiger partial charge in [-0.15, -0.1) is 0 Å². The molecule has 2 N–H and O–H groups in total. The van der Waals surface area contributed by atoms with E-state index in [2.05, 4.69) is 23.0 Å². The number of hydrogen-bond donors (Lipinski definition) is 1. The molecule has 1 saturated carbocycles. The Morgan fingerprint density at radius 1 is 1.30 bits per heavy atom. The molecule has 0 unspecified atom stereocenters. The molecule has 1 aliphatic rings. The molecule has 1 aliphatic carbocycles. The van der Waals surface area contributed by atoms with E-state index in [1.807, 2.05) is 17.9 Å². The largest absolute Gasteiger partial charge is 0.329 e. The topological polar surface area (TPSA) is 47.1 Å². The molecule has 0 bridgehead atoms. The highest BCUT2D eigenvalue weighted by molar-refractivity contribution is 5.02. The first-order valence-corrected chi connectivity index (χ1v) is 8.14. The van der Waals surface area contributed by atoms with Crippen molar-refractivity contribution in [3.05, 3.63) is 18.0 Å². The van der Waals surface area contributed by atoms with Gasteiger partial charge in [0.2, 0.25) is 0 Å². The van der Waals surface area contributed by atoms with E-state index < -0.39 is 0 Å². The average molecular weight is 278 g/mol. The van der Waals surface area contributed by atoms with Crippen molar-refractivity contribution in [1.82, 2.24) is 14.7 Å². The van der Waals surface area contributed by atoms with Gasteiger partial charge in [0.15, 0.2) is 0 Å². The third-order valence-corrected chi connectivity index (χ3v) is 5.03. The highest BCUT2D eigenvalue weighted by atomic mass is 15.3. The normalized spacial score (nSPS) is 19.2. The van der Waals surface area contributed by atoms with Gasteiger partial charge < -0.3 is 5.73 Å². The number of nitrogens with zero attached hydrogens (tertiary/aromatic N) is 3. The molecule has 0 aliphatic heterocycles. The first-order valence-electron chi connectivity index (χ1n) is 8.14. The summed E-state index contributed by atoms with van der Waals surface area (Å²) in [6, 6.07) is 2.12. The third-order valence-electron chi connectivity index (χ3n) is 5.03. The number of aryl methyl sites for hydroxylation is 1. The smallest absolute Gasteiger partial charge is 0.0492 e. The molecule has 4 nitrogen and oxygen atoms in total. The summed E-state index contributed by atoms with van der Waals surface area (Å²) in [5.41, 5.74) is 7.75. The van der Waals surface area contributed by atoms with Gasteiger partial charge in [0, 0.05) is 44.0 Å². The molecular weight excluding hydrogens is 248 g/mol. The predicted octanol–water partition coefficient (Wildman–Crippen LogP) is 2.34. The van der Waals surface area contributed by atoms with Gasteiger partial charge in [-0.3, -0.25) is 9.58 Å². The van der Waals surface area contributed by atoms with Crippen molar-refractivity contribution in [3.8, 4) is 0 Å². The van der Waals surface area contributed by atoms with Crippen LogP contribution in [0.15, 0.2) is 12.3 Å². The summed E-state index contributed by atoms with van der Waals surface area (Å²) < 4.78 is 1.98. The van der Waals surface area contributed by atoms with Crippen LogP contribution in [0.3, 0.4) is 0 Å². The second kappa shape index (κ2) is 7.23. The van der Waals surface area contributed by atoms with E-state index in [1.165, 1.54) is 44.2 Å². The molecule has 1 aromatic rings. The molecule has 1 aromatic heterocycles. The minimum absolute atomic E-state index is 0.240. The SMILES string of the molecule is CCN(CCc1ccnn1C)C1(CN)CCCCCC1. The van der Waals surface area contributed by atoms with Crippen LogP contribution in [0.4, 0.5) is 0 Å². The summed E-state index contributed by atoms with van der Waals surface area (Å²) in [7, 11) is 2.02. The molecule has 0 atom stereocenters. The molecule has 0 aromatic carbocycles. The second-order valence-electron chi connectivity index (χ2n) is 6.12. The van der Waals surface area contributed by atoms with E-state index in [0.717, 1.165) is 26.1 Å². The Kier molecular flexibility index (Phi) is 5.61. The molecule has 20 heavy (non-hydrogen) atoms. The Balaban J connectivity index is 2.02. The zero-order chi connectivity index (χ0) is 14.4. The van der Waals surface area contributed by atoms with E-state index in [0.29, 0.717) is 0 Å². The first-order chi connectivity index (χ1) is 9.72. The van der Waals surface area contributed by atoms with Gasteiger partial charge in [-0.05, 0) is 25.5 Å². The Morgan fingerprint density at radius 2 is 2.00 bits per heavy atom. The van der Waals surface area contributed by atoms with Crippen LogP contribution in [0.5, 0.6) is 0 Å². The number of rotatable bonds is 6. The zero-order valence-electron chi connectivity index (χ0n) is 13.1. The van der Waals surface area contributed by atoms with Crippen LogP contribution in [0, 0.1) is 0 Å². The molecule has 0 saturated heterocycles. The lowest BCUT2D eigenvalue weighted by atomic mass is 9.87. The molecule has 0 radical (unpaired) electrons. The van der Waals surface area contributed by atoms with Crippen LogP contribution < -0.4 is 5.73 Å². The number of nitrogens with two attached hydrogens (primary N) is 1. The summed E-state index contributed by atoms with van der Waals surface area (Å²) in [6.07, 6.45) is 10.9. The van der Waals surface area contributed by atoms with Gasteiger partial charge in [0.25, 0.3) is 0 Å². The van der Waals surface area contributed by atoms with Gasteiger partial charge in [-0.25, -0.2) is 0 Å².